The first-order valence-electron chi connectivity index (χ1n) is 6.34. The predicted octanol–water partition coefficient (Wildman–Crippen LogP) is 3.02. The van der Waals surface area contributed by atoms with Gasteiger partial charge in [0, 0.05) is 28.8 Å². The molecule has 2 fully saturated rings. The van der Waals surface area contributed by atoms with E-state index in [1.54, 1.807) is 6.92 Å². The van der Waals surface area contributed by atoms with Gasteiger partial charge >= 0.3 is 0 Å². The maximum absolute atomic E-state index is 11.7. The summed E-state index contributed by atoms with van der Waals surface area (Å²) in [5.74, 6) is 0.122. The molecule has 2 unspecified atom stereocenters. The number of morpholine rings is 1. The van der Waals surface area contributed by atoms with E-state index in [0.717, 1.165) is 41.7 Å². The Morgan fingerprint density at radius 2 is 2.00 bits per heavy atom. The zero-order chi connectivity index (χ0) is 12.7. The number of benzene rings is 1. The van der Waals surface area contributed by atoms with Crippen molar-refractivity contribution in [3.05, 3.63) is 28.2 Å². The van der Waals surface area contributed by atoms with E-state index in [4.69, 9.17) is 4.74 Å². The Labute approximate surface area is 115 Å². The smallest absolute Gasteiger partial charge is 0.161 e. The van der Waals surface area contributed by atoms with E-state index < -0.39 is 0 Å². The van der Waals surface area contributed by atoms with Crippen LogP contribution in [0.1, 0.15) is 30.1 Å². The van der Waals surface area contributed by atoms with Crippen LogP contribution in [-0.4, -0.2) is 31.1 Å². The molecule has 0 amide bonds. The number of ether oxygens (including phenoxy) is 1. The number of hydrogen-bond acceptors (Lipinski definition) is 3. The maximum atomic E-state index is 11.7. The van der Waals surface area contributed by atoms with Gasteiger partial charge in [-0.2, -0.15) is 0 Å². The van der Waals surface area contributed by atoms with E-state index in [0.29, 0.717) is 12.2 Å². The van der Waals surface area contributed by atoms with Crippen molar-refractivity contribution in [2.24, 2.45) is 0 Å². The summed E-state index contributed by atoms with van der Waals surface area (Å²) >= 11 is 3.49. The van der Waals surface area contributed by atoms with Crippen molar-refractivity contribution in [3.63, 3.8) is 0 Å². The number of anilines is 1. The normalized spacial score (nSPS) is 26.4. The largest absolute Gasteiger partial charge is 0.371 e. The minimum absolute atomic E-state index is 0.122. The number of rotatable bonds is 2. The van der Waals surface area contributed by atoms with Crippen LogP contribution >= 0.6 is 15.9 Å². The fourth-order valence-corrected chi connectivity index (χ4v) is 3.22. The van der Waals surface area contributed by atoms with Crippen LogP contribution in [0.5, 0.6) is 0 Å². The lowest BCUT2D eigenvalue weighted by Crippen LogP contribution is -2.43. The topological polar surface area (TPSA) is 29.5 Å². The molecule has 3 nitrogen and oxygen atoms in total. The zero-order valence-corrected chi connectivity index (χ0v) is 11.9. The molecule has 2 saturated heterocycles. The molecule has 1 aromatic carbocycles. The summed E-state index contributed by atoms with van der Waals surface area (Å²) in [7, 11) is 0. The minimum Gasteiger partial charge on any atom is -0.371 e. The van der Waals surface area contributed by atoms with Crippen molar-refractivity contribution in [3.8, 4) is 0 Å². The summed E-state index contributed by atoms with van der Waals surface area (Å²) in [5.41, 5.74) is 1.84. The second-order valence-corrected chi connectivity index (χ2v) is 6.00. The van der Waals surface area contributed by atoms with Crippen molar-refractivity contribution in [1.29, 1.82) is 0 Å². The van der Waals surface area contributed by atoms with Crippen LogP contribution in [0.15, 0.2) is 22.7 Å². The van der Waals surface area contributed by atoms with Gasteiger partial charge in [-0.15, -0.1) is 0 Å². The Kier molecular flexibility index (Phi) is 3.16. The Balaban J connectivity index is 1.95. The molecule has 18 heavy (non-hydrogen) atoms. The van der Waals surface area contributed by atoms with Gasteiger partial charge in [-0.1, -0.05) is 15.9 Å². The first-order valence-corrected chi connectivity index (χ1v) is 7.13. The van der Waals surface area contributed by atoms with E-state index in [2.05, 4.69) is 20.8 Å². The number of carbonyl (C=O) groups excluding carboxylic acids is 1. The van der Waals surface area contributed by atoms with Crippen LogP contribution in [0.3, 0.4) is 0 Å². The second-order valence-electron chi connectivity index (χ2n) is 5.08. The van der Waals surface area contributed by atoms with E-state index in [9.17, 15) is 4.79 Å². The van der Waals surface area contributed by atoms with E-state index in [1.807, 2.05) is 18.2 Å². The number of halogens is 1. The molecular weight excluding hydrogens is 294 g/mol. The van der Waals surface area contributed by atoms with Gasteiger partial charge in [0.2, 0.25) is 0 Å². The summed E-state index contributed by atoms with van der Waals surface area (Å²) < 4.78 is 6.86. The lowest BCUT2D eigenvalue weighted by molar-refractivity contribution is 0.0304. The third kappa shape index (κ3) is 2.19. The molecule has 0 saturated carbocycles. The first kappa shape index (κ1) is 12.2. The monoisotopic (exact) mass is 309 g/mol. The molecule has 2 aliphatic rings. The number of ketones is 1. The number of hydrogen-bond donors (Lipinski definition) is 0. The Hall–Kier alpha value is -0.870. The quantitative estimate of drug-likeness (QED) is 0.787. The Bertz CT molecular complexity index is 477. The Morgan fingerprint density at radius 1 is 1.33 bits per heavy atom. The van der Waals surface area contributed by atoms with Crippen LogP contribution in [0.4, 0.5) is 5.69 Å². The van der Waals surface area contributed by atoms with E-state index >= 15 is 0 Å². The summed E-state index contributed by atoms with van der Waals surface area (Å²) in [6, 6.07) is 5.87. The third-order valence-corrected chi connectivity index (χ3v) is 4.22. The van der Waals surface area contributed by atoms with Gasteiger partial charge in [-0.25, -0.2) is 0 Å². The van der Waals surface area contributed by atoms with Crippen molar-refractivity contribution in [2.75, 3.05) is 18.0 Å². The summed E-state index contributed by atoms with van der Waals surface area (Å²) in [4.78, 5) is 14.0. The number of nitrogens with zero attached hydrogens (tertiary/aromatic N) is 1. The molecule has 96 valence electrons. The standard InChI is InChI=1S/C14H16BrNO2/c1-9(17)13-5-2-10(15)6-14(13)16-7-11-3-4-12(8-16)18-11/h2,5-6,11-12H,3-4,7-8H2,1H3. The van der Waals surface area contributed by atoms with Crippen LogP contribution in [0, 0.1) is 0 Å². The molecule has 0 N–H and O–H groups in total. The molecule has 3 rings (SSSR count). The molecular formula is C14H16BrNO2. The van der Waals surface area contributed by atoms with Crippen molar-refractivity contribution >= 4 is 27.4 Å². The molecule has 1 aromatic rings. The van der Waals surface area contributed by atoms with Crippen LogP contribution in [0.25, 0.3) is 0 Å². The molecule has 2 heterocycles. The summed E-state index contributed by atoms with van der Waals surface area (Å²) in [6.07, 6.45) is 2.96. The number of fused-ring (bicyclic) bond motifs is 2. The average molecular weight is 310 g/mol. The van der Waals surface area contributed by atoms with E-state index in [1.165, 1.54) is 0 Å². The van der Waals surface area contributed by atoms with Gasteiger partial charge in [-0.05, 0) is 38.0 Å². The molecule has 2 atom stereocenters. The Morgan fingerprint density at radius 3 is 2.61 bits per heavy atom. The molecule has 4 heteroatoms. The highest BCUT2D eigenvalue weighted by Gasteiger charge is 2.34. The molecule has 0 aromatic heterocycles. The molecule has 0 aliphatic carbocycles. The zero-order valence-electron chi connectivity index (χ0n) is 10.4. The summed E-state index contributed by atoms with van der Waals surface area (Å²) in [6.45, 7) is 3.42. The highest BCUT2D eigenvalue weighted by molar-refractivity contribution is 9.10. The van der Waals surface area contributed by atoms with Crippen molar-refractivity contribution < 1.29 is 9.53 Å². The third-order valence-electron chi connectivity index (χ3n) is 3.72. The van der Waals surface area contributed by atoms with Gasteiger partial charge in [0.1, 0.15) is 0 Å². The molecule has 2 bridgehead atoms. The van der Waals surface area contributed by atoms with Crippen LogP contribution in [0.2, 0.25) is 0 Å². The lowest BCUT2D eigenvalue weighted by atomic mass is 10.1. The molecule has 0 spiro atoms. The highest BCUT2D eigenvalue weighted by Crippen LogP contribution is 2.33. The maximum Gasteiger partial charge on any atom is 0.161 e. The summed E-state index contributed by atoms with van der Waals surface area (Å²) in [5, 5.41) is 0. The number of carbonyl (C=O) groups is 1. The lowest BCUT2D eigenvalue weighted by Gasteiger charge is -2.34. The first-order chi connectivity index (χ1) is 8.63. The minimum atomic E-state index is 0.122. The van der Waals surface area contributed by atoms with Gasteiger partial charge in [0.15, 0.2) is 5.78 Å². The van der Waals surface area contributed by atoms with E-state index in [-0.39, 0.29) is 5.78 Å². The van der Waals surface area contributed by atoms with Crippen LogP contribution < -0.4 is 4.90 Å². The predicted molar refractivity (Wildman–Crippen MR) is 74.3 cm³/mol. The van der Waals surface area contributed by atoms with Gasteiger partial charge in [-0.3, -0.25) is 4.79 Å². The second kappa shape index (κ2) is 4.67. The van der Waals surface area contributed by atoms with Gasteiger partial charge < -0.3 is 9.64 Å². The molecule has 2 aliphatic heterocycles. The SMILES string of the molecule is CC(=O)c1ccc(Br)cc1N1CC2CCC(C1)O2. The fourth-order valence-electron chi connectivity index (χ4n) is 2.88. The van der Waals surface area contributed by atoms with Gasteiger partial charge in [0.05, 0.1) is 12.2 Å². The van der Waals surface area contributed by atoms with Gasteiger partial charge in [0.25, 0.3) is 0 Å². The highest BCUT2D eigenvalue weighted by atomic mass is 79.9. The van der Waals surface area contributed by atoms with Crippen molar-refractivity contribution in [1.82, 2.24) is 0 Å². The molecule has 0 radical (unpaired) electrons. The van der Waals surface area contributed by atoms with Crippen molar-refractivity contribution in [2.45, 2.75) is 32.0 Å². The van der Waals surface area contributed by atoms with Crippen LogP contribution in [-0.2, 0) is 4.74 Å². The number of Topliss-reactive ketones (excluding diaryl/α,β-unsaturated/α-hetero) is 1. The average Bonchev–Trinajstić information content (AvgIpc) is 2.67. The fraction of sp³-hybridized carbons (Fsp3) is 0.500.